The predicted octanol–water partition coefficient (Wildman–Crippen LogP) is 3.71. The third kappa shape index (κ3) is 6.15. The van der Waals surface area contributed by atoms with Gasteiger partial charge in [0.25, 0.3) is 0 Å². The molecular weight excluding hydrogens is 364 g/mol. The van der Waals surface area contributed by atoms with Crippen molar-refractivity contribution in [1.82, 2.24) is 5.32 Å². The summed E-state index contributed by atoms with van der Waals surface area (Å²) in [5.41, 5.74) is 2.21. The number of nitrogens with one attached hydrogen (secondary N) is 1. The number of amides is 1. The van der Waals surface area contributed by atoms with Gasteiger partial charge in [0, 0.05) is 12.5 Å². The Bertz CT molecular complexity index is 822. The van der Waals surface area contributed by atoms with Crippen LogP contribution in [0.2, 0.25) is 0 Å². The Morgan fingerprint density at radius 2 is 1.57 bits per heavy atom. The molecule has 2 rings (SSSR count). The zero-order valence-electron chi connectivity index (χ0n) is 16.5. The number of ether oxygens (including phenoxy) is 1. The first-order valence-electron chi connectivity index (χ1n) is 9.00. The minimum absolute atomic E-state index is 0.00866. The van der Waals surface area contributed by atoms with Gasteiger partial charge in [-0.25, -0.2) is 13.6 Å². The molecule has 0 heterocycles. The highest BCUT2D eigenvalue weighted by atomic mass is 19.1. The average Bonchev–Trinajstić information content (AvgIpc) is 2.59. The number of hydrogen-bond acceptors (Lipinski definition) is 3. The first-order chi connectivity index (χ1) is 13.1. The van der Waals surface area contributed by atoms with Crippen LogP contribution in [0.1, 0.15) is 37.5 Å². The van der Waals surface area contributed by atoms with Crippen molar-refractivity contribution in [2.75, 3.05) is 7.11 Å². The summed E-state index contributed by atoms with van der Waals surface area (Å²) in [6.45, 7) is 6.32. The second kappa shape index (κ2) is 8.95. The quantitative estimate of drug-likeness (QED) is 0.767. The van der Waals surface area contributed by atoms with E-state index in [0.717, 1.165) is 29.3 Å². The zero-order valence-corrected chi connectivity index (χ0v) is 16.5. The van der Waals surface area contributed by atoms with Crippen LogP contribution < -0.4 is 5.32 Å². The Hall–Kier alpha value is -2.76. The van der Waals surface area contributed by atoms with Gasteiger partial charge in [0.2, 0.25) is 5.91 Å². The van der Waals surface area contributed by atoms with Crippen molar-refractivity contribution in [2.24, 2.45) is 0 Å². The maximum atomic E-state index is 13.3. The number of benzene rings is 2. The molecule has 150 valence electrons. The number of rotatable bonds is 6. The Balaban J connectivity index is 2.08. The Morgan fingerprint density at radius 1 is 1.00 bits per heavy atom. The van der Waals surface area contributed by atoms with Gasteiger partial charge in [-0.3, -0.25) is 4.79 Å². The molecule has 0 spiro atoms. The summed E-state index contributed by atoms with van der Waals surface area (Å²) in [6, 6.07) is 9.80. The van der Waals surface area contributed by atoms with Gasteiger partial charge in [0.05, 0.1) is 13.5 Å². The van der Waals surface area contributed by atoms with Crippen LogP contribution in [0.25, 0.3) is 0 Å². The molecule has 0 saturated heterocycles. The topological polar surface area (TPSA) is 55.4 Å². The monoisotopic (exact) mass is 389 g/mol. The lowest BCUT2D eigenvalue weighted by Crippen LogP contribution is -2.43. The lowest BCUT2D eigenvalue weighted by Gasteiger charge is -2.20. The van der Waals surface area contributed by atoms with Gasteiger partial charge in [0.1, 0.15) is 17.7 Å². The highest BCUT2D eigenvalue weighted by Crippen LogP contribution is 2.22. The highest BCUT2D eigenvalue weighted by molar-refractivity contribution is 5.85. The van der Waals surface area contributed by atoms with E-state index in [1.54, 1.807) is 0 Å². The summed E-state index contributed by atoms with van der Waals surface area (Å²) in [5, 5.41) is 2.59. The Morgan fingerprint density at radius 3 is 2.07 bits per heavy atom. The van der Waals surface area contributed by atoms with E-state index in [0.29, 0.717) is 0 Å². The van der Waals surface area contributed by atoms with Gasteiger partial charge in [-0.1, -0.05) is 45.0 Å². The normalized spacial score (nSPS) is 12.4. The molecule has 0 bridgehead atoms. The molecule has 0 aromatic heterocycles. The van der Waals surface area contributed by atoms with Crippen LogP contribution in [-0.2, 0) is 32.6 Å². The summed E-state index contributed by atoms with van der Waals surface area (Å²) in [4.78, 5) is 24.4. The molecule has 2 aromatic rings. The highest BCUT2D eigenvalue weighted by Gasteiger charge is 2.23. The first-order valence-corrected chi connectivity index (χ1v) is 9.00. The average molecular weight is 389 g/mol. The second-order valence-corrected chi connectivity index (χ2v) is 7.75. The molecule has 4 nitrogen and oxygen atoms in total. The minimum atomic E-state index is -0.892. The minimum Gasteiger partial charge on any atom is -0.467 e. The van der Waals surface area contributed by atoms with E-state index in [1.165, 1.54) is 7.11 Å². The van der Waals surface area contributed by atoms with Gasteiger partial charge < -0.3 is 10.1 Å². The Labute approximate surface area is 163 Å². The standard InChI is InChI=1S/C22H25F2NO3/c1-22(2,3)16-7-5-14(6-8-16)11-19(21(27)28-4)25-20(26)12-15-9-17(23)13-18(24)10-15/h5-10,13,19H,11-12H2,1-4H3,(H,25,26)/t19-/m1/s1. The van der Waals surface area contributed by atoms with Gasteiger partial charge in [-0.15, -0.1) is 0 Å². The van der Waals surface area contributed by atoms with Crippen LogP contribution >= 0.6 is 0 Å². The summed E-state index contributed by atoms with van der Waals surface area (Å²) < 4.78 is 31.3. The molecule has 1 atom stereocenters. The number of halogens is 2. The van der Waals surface area contributed by atoms with Crippen molar-refractivity contribution < 1.29 is 23.1 Å². The zero-order chi connectivity index (χ0) is 20.9. The van der Waals surface area contributed by atoms with Crippen molar-refractivity contribution in [3.05, 3.63) is 70.8 Å². The third-order valence-electron chi connectivity index (χ3n) is 4.37. The van der Waals surface area contributed by atoms with Crippen molar-refractivity contribution in [2.45, 2.75) is 45.1 Å². The molecule has 2 aromatic carbocycles. The largest absolute Gasteiger partial charge is 0.467 e. The van der Waals surface area contributed by atoms with Crippen LogP contribution in [0.3, 0.4) is 0 Å². The number of carbonyl (C=O) groups excluding carboxylic acids is 2. The van der Waals surface area contributed by atoms with E-state index in [9.17, 15) is 18.4 Å². The van der Waals surface area contributed by atoms with Crippen LogP contribution in [0, 0.1) is 11.6 Å². The van der Waals surface area contributed by atoms with E-state index in [1.807, 2.05) is 24.3 Å². The van der Waals surface area contributed by atoms with Gasteiger partial charge in [0.15, 0.2) is 0 Å². The molecule has 0 aliphatic rings. The van der Waals surface area contributed by atoms with E-state index in [-0.39, 0.29) is 23.8 Å². The molecule has 6 heteroatoms. The maximum Gasteiger partial charge on any atom is 0.328 e. The van der Waals surface area contributed by atoms with Crippen molar-refractivity contribution in [3.8, 4) is 0 Å². The molecule has 0 aliphatic heterocycles. The molecular formula is C22H25F2NO3. The van der Waals surface area contributed by atoms with Crippen molar-refractivity contribution in [1.29, 1.82) is 0 Å². The van der Waals surface area contributed by atoms with Crippen LogP contribution in [0.5, 0.6) is 0 Å². The predicted molar refractivity (Wildman–Crippen MR) is 103 cm³/mol. The lowest BCUT2D eigenvalue weighted by molar-refractivity contribution is -0.145. The molecule has 28 heavy (non-hydrogen) atoms. The molecule has 0 fully saturated rings. The number of hydrogen-bond donors (Lipinski definition) is 1. The smallest absolute Gasteiger partial charge is 0.328 e. The van der Waals surface area contributed by atoms with Crippen molar-refractivity contribution in [3.63, 3.8) is 0 Å². The summed E-state index contributed by atoms with van der Waals surface area (Å²) >= 11 is 0. The Kier molecular flexibility index (Phi) is 6.89. The van der Waals surface area contributed by atoms with Crippen LogP contribution in [-0.4, -0.2) is 25.0 Å². The number of carbonyl (C=O) groups is 2. The molecule has 1 amide bonds. The molecule has 0 aliphatic carbocycles. The second-order valence-electron chi connectivity index (χ2n) is 7.75. The molecule has 0 radical (unpaired) electrons. The lowest BCUT2D eigenvalue weighted by atomic mass is 9.86. The van der Waals surface area contributed by atoms with E-state index >= 15 is 0 Å². The summed E-state index contributed by atoms with van der Waals surface area (Å²) in [7, 11) is 1.24. The first kappa shape index (κ1) is 21.5. The van der Waals surface area contributed by atoms with Crippen LogP contribution in [0.4, 0.5) is 8.78 Å². The summed E-state index contributed by atoms with van der Waals surface area (Å²) in [5.74, 6) is -2.62. The fraction of sp³-hybridized carbons (Fsp3) is 0.364. The molecule has 0 unspecified atom stereocenters. The van der Waals surface area contributed by atoms with Gasteiger partial charge in [-0.2, -0.15) is 0 Å². The summed E-state index contributed by atoms with van der Waals surface area (Å²) in [6.07, 6.45) is 0.00544. The fourth-order valence-electron chi connectivity index (χ4n) is 2.86. The maximum absolute atomic E-state index is 13.3. The molecule has 0 saturated carbocycles. The fourth-order valence-corrected chi connectivity index (χ4v) is 2.86. The molecule has 1 N–H and O–H groups in total. The third-order valence-corrected chi connectivity index (χ3v) is 4.37. The van der Waals surface area contributed by atoms with E-state index in [2.05, 4.69) is 26.1 Å². The van der Waals surface area contributed by atoms with Crippen LogP contribution in [0.15, 0.2) is 42.5 Å². The van der Waals surface area contributed by atoms with Crippen molar-refractivity contribution >= 4 is 11.9 Å². The van der Waals surface area contributed by atoms with E-state index < -0.39 is 29.6 Å². The van der Waals surface area contributed by atoms with Gasteiger partial charge >= 0.3 is 5.97 Å². The SMILES string of the molecule is COC(=O)[C@@H](Cc1ccc(C(C)(C)C)cc1)NC(=O)Cc1cc(F)cc(F)c1. The number of esters is 1. The van der Waals surface area contributed by atoms with Gasteiger partial charge in [-0.05, 0) is 34.2 Å². The number of methoxy groups -OCH3 is 1. The van der Waals surface area contributed by atoms with E-state index in [4.69, 9.17) is 4.74 Å².